The number of amides is 2. The van der Waals surface area contributed by atoms with Gasteiger partial charge < -0.3 is 5.11 Å². The van der Waals surface area contributed by atoms with Crippen LogP contribution in [0.5, 0.6) is 0 Å². The number of aliphatic carboxylic acids is 1. The number of halogens is 1. The van der Waals surface area contributed by atoms with E-state index >= 15 is 0 Å². The number of hydrogen-bond donors (Lipinski definition) is 1. The molecule has 1 heterocycles. The van der Waals surface area contributed by atoms with Crippen molar-refractivity contribution in [3.05, 3.63) is 11.1 Å². The molecule has 1 aliphatic carbocycles. The maximum atomic E-state index is 11.9. The number of carbonyl (C=O) groups is 3. The monoisotopic (exact) mass is 257 g/mol. The van der Waals surface area contributed by atoms with Crippen molar-refractivity contribution in [2.24, 2.45) is 11.8 Å². The lowest BCUT2D eigenvalue weighted by Gasteiger charge is -2.17. The van der Waals surface area contributed by atoms with Gasteiger partial charge in [-0.2, -0.15) is 0 Å². The third-order valence-corrected chi connectivity index (χ3v) is 3.52. The fourth-order valence-electron chi connectivity index (χ4n) is 2.32. The Morgan fingerprint density at radius 2 is 2.06 bits per heavy atom. The van der Waals surface area contributed by atoms with Crippen LogP contribution in [0.2, 0.25) is 0 Å². The molecular formula is C11H12ClNO4. The van der Waals surface area contributed by atoms with E-state index in [0.29, 0.717) is 17.9 Å². The standard InChI is InChI=1S/C11H12ClNO4/c12-6-1-2-7-8(5-6)11(17)13(10(7)16)4-3-9(14)15/h1,7-8H,2-5H2,(H,14,15)/t7-,8+/m0/s1. The second kappa shape index (κ2) is 4.49. The molecule has 0 aromatic heterocycles. The molecule has 1 aliphatic heterocycles. The first-order chi connectivity index (χ1) is 8.00. The molecule has 2 amide bonds. The van der Waals surface area contributed by atoms with E-state index in [2.05, 4.69) is 0 Å². The molecule has 1 N–H and O–H groups in total. The zero-order valence-corrected chi connectivity index (χ0v) is 9.81. The van der Waals surface area contributed by atoms with Gasteiger partial charge in [0, 0.05) is 11.6 Å². The van der Waals surface area contributed by atoms with E-state index < -0.39 is 11.9 Å². The Hall–Kier alpha value is -1.36. The van der Waals surface area contributed by atoms with E-state index in [1.54, 1.807) is 6.08 Å². The van der Waals surface area contributed by atoms with Gasteiger partial charge in [-0.15, -0.1) is 0 Å². The minimum absolute atomic E-state index is 0.0440. The number of rotatable bonds is 3. The Morgan fingerprint density at radius 3 is 2.71 bits per heavy atom. The van der Waals surface area contributed by atoms with Crippen LogP contribution >= 0.6 is 11.6 Å². The van der Waals surface area contributed by atoms with E-state index in [1.807, 2.05) is 0 Å². The van der Waals surface area contributed by atoms with Crippen molar-refractivity contribution in [1.82, 2.24) is 4.90 Å². The maximum Gasteiger partial charge on any atom is 0.305 e. The van der Waals surface area contributed by atoms with Crippen molar-refractivity contribution in [1.29, 1.82) is 0 Å². The zero-order chi connectivity index (χ0) is 12.6. The molecule has 17 heavy (non-hydrogen) atoms. The molecule has 1 fully saturated rings. The number of likely N-dealkylation sites (tertiary alicyclic amines) is 1. The normalized spacial score (nSPS) is 28.1. The van der Waals surface area contributed by atoms with Crippen molar-refractivity contribution >= 4 is 29.4 Å². The number of nitrogens with zero attached hydrogens (tertiary/aromatic N) is 1. The van der Waals surface area contributed by atoms with Crippen LogP contribution in [-0.4, -0.2) is 34.3 Å². The third kappa shape index (κ3) is 2.20. The van der Waals surface area contributed by atoms with Crippen molar-refractivity contribution in [3.8, 4) is 0 Å². The highest BCUT2D eigenvalue weighted by Gasteiger charge is 2.48. The topological polar surface area (TPSA) is 74.7 Å². The van der Waals surface area contributed by atoms with Crippen LogP contribution in [0.1, 0.15) is 19.3 Å². The molecule has 2 aliphatic rings. The lowest BCUT2D eigenvalue weighted by atomic mass is 9.85. The molecule has 0 saturated carbocycles. The Balaban J connectivity index is 2.11. The van der Waals surface area contributed by atoms with Crippen LogP contribution in [0, 0.1) is 11.8 Å². The Morgan fingerprint density at radius 1 is 1.41 bits per heavy atom. The molecule has 0 radical (unpaired) electrons. The van der Waals surface area contributed by atoms with Gasteiger partial charge in [-0.3, -0.25) is 19.3 Å². The average molecular weight is 258 g/mol. The fraction of sp³-hybridized carbons (Fsp3) is 0.545. The quantitative estimate of drug-likeness (QED) is 0.765. The van der Waals surface area contributed by atoms with Crippen molar-refractivity contribution in [2.75, 3.05) is 6.54 Å². The molecule has 5 nitrogen and oxygen atoms in total. The summed E-state index contributed by atoms with van der Waals surface area (Å²) in [5.74, 6) is -2.31. The molecule has 0 aromatic rings. The Labute approximate surface area is 103 Å². The summed E-state index contributed by atoms with van der Waals surface area (Å²) in [6, 6.07) is 0. The molecular weight excluding hydrogens is 246 g/mol. The lowest BCUT2D eigenvalue weighted by Crippen LogP contribution is -2.33. The largest absolute Gasteiger partial charge is 0.481 e. The highest BCUT2D eigenvalue weighted by atomic mass is 35.5. The van der Waals surface area contributed by atoms with Crippen molar-refractivity contribution < 1.29 is 19.5 Å². The number of imide groups is 1. The van der Waals surface area contributed by atoms with Crippen LogP contribution in [0.25, 0.3) is 0 Å². The van der Waals surface area contributed by atoms with Crippen molar-refractivity contribution in [2.45, 2.75) is 19.3 Å². The van der Waals surface area contributed by atoms with Crippen LogP contribution in [0.15, 0.2) is 11.1 Å². The SMILES string of the molecule is O=C(O)CCN1C(=O)[C@H]2CC=C(Cl)C[C@H]2C1=O. The van der Waals surface area contributed by atoms with Gasteiger partial charge in [-0.25, -0.2) is 0 Å². The second-order valence-electron chi connectivity index (χ2n) is 4.28. The average Bonchev–Trinajstić information content (AvgIpc) is 2.49. The van der Waals surface area contributed by atoms with Gasteiger partial charge >= 0.3 is 5.97 Å². The molecule has 6 heteroatoms. The summed E-state index contributed by atoms with van der Waals surface area (Å²) in [6.45, 7) is -0.0440. The molecule has 2 rings (SSSR count). The van der Waals surface area contributed by atoms with E-state index in [1.165, 1.54) is 0 Å². The third-order valence-electron chi connectivity index (χ3n) is 3.21. The summed E-state index contributed by atoms with van der Waals surface area (Å²) in [5, 5.41) is 9.17. The molecule has 0 bridgehead atoms. The summed E-state index contributed by atoms with van der Waals surface area (Å²) in [6.07, 6.45) is 2.41. The first-order valence-electron chi connectivity index (χ1n) is 5.42. The highest BCUT2D eigenvalue weighted by Crippen LogP contribution is 2.38. The number of allylic oxidation sites excluding steroid dienone is 2. The second-order valence-corrected chi connectivity index (χ2v) is 4.76. The van der Waals surface area contributed by atoms with Gasteiger partial charge in [-0.05, 0) is 12.8 Å². The van der Waals surface area contributed by atoms with Crippen LogP contribution < -0.4 is 0 Å². The predicted octanol–water partition coefficient (Wildman–Crippen LogP) is 0.979. The van der Waals surface area contributed by atoms with Crippen LogP contribution in [0.4, 0.5) is 0 Å². The molecule has 2 atom stereocenters. The smallest absolute Gasteiger partial charge is 0.305 e. The summed E-state index contributed by atoms with van der Waals surface area (Å²) in [4.78, 5) is 35.4. The highest BCUT2D eigenvalue weighted by molar-refractivity contribution is 6.30. The van der Waals surface area contributed by atoms with E-state index in [4.69, 9.17) is 16.7 Å². The minimum Gasteiger partial charge on any atom is -0.481 e. The van der Waals surface area contributed by atoms with Crippen molar-refractivity contribution in [3.63, 3.8) is 0 Å². The molecule has 1 saturated heterocycles. The van der Waals surface area contributed by atoms with Gasteiger partial charge in [0.05, 0.1) is 18.3 Å². The fourth-order valence-corrected chi connectivity index (χ4v) is 2.58. The molecule has 0 aromatic carbocycles. The van der Waals surface area contributed by atoms with Crippen LogP contribution in [0.3, 0.4) is 0 Å². The molecule has 0 spiro atoms. The Bertz CT molecular complexity index is 418. The zero-order valence-electron chi connectivity index (χ0n) is 9.06. The van der Waals surface area contributed by atoms with Gasteiger partial charge in [0.2, 0.25) is 11.8 Å². The number of carboxylic acids is 1. The molecule has 92 valence electrons. The van der Waals surface area contributed by atoms with E-state index in [0.717, 1.165) is 4.90 Å². The summed E-state index contributed by atoms with van der Waals surface area (Å²) in [7, 11) is 0. The number of carbonyl (C=O) groups excluding carboxylic acids is 2. The summed E-state index contributed by atoms with van der Waals surface area (Å²) < 4.78 is 0. The number of fused-ring (bicyclic) bond motifs is 1. The summed E-state index contributed by atoms with van der Waals surface area (Å²) >= 11 is 5.86. The number of carboxylic acid groups (broad SMARTS) is 1. The van der Waals surface area contributed by atoms with E-state index in [9.17, 15) is 14.4 Å². The first kappa shape index (κ1) is 12.1. The van der Waals surface area contributed by atoms with Gasteiger partial charge in [0.1, 0.15) is 0 Å². The summed E-state index contributed by atoms with van der Waals surface area (Å²) in [5.41, 5.74) is 0. The van der Waals surface area contributed by atoms with Crippen LogP contribution in [-0.2, 0) is 14.4 Å². The van der Waals surface area contributed by atoms with Gasteiger partial charge in [0.25, 0.3) is 0 Å². The number of hydrogen-bond acceptors (Lipinski definition) is 3. The predicted molar refractivity (Wildman–Crippen MR) is 59.1 cm³/mol. The Kier molecular flexibility index (Phi) is 3.19. The van der Waals surface area contributed by atoms with E-state index in [-0.39, 0.29) is 30.7 Å². The maximum absolute atomic E-state index is 11.9. The molecule has 0 unspecified atom stereocenters. The first-order valence-corrected chi connectivity index (χ1v) is 5.80. The van der Waals surface area contributed by atoms with Gasteiger partial charge in [-0.1, -0.05) is 17.7 Å². The lowest BCUT2D eigenvalue weighted by molar-refractivity contribution is -0.142. The minimum atomic E-state index is -1.02. The van der Waals surface area contributed by atoms with Gasteiger partial charge in [0.15, 0.2) is 0 Å².